The number of fused-ring (bicyclic) bond motifs is 5. The van der Waals surface area contributed by atoms with Gasteiger partial charge in [0.25, 0.3) is 0 Å². The van der Waals surface area contributed by atoms with Crippen molar-refractivity contribution >= 4 is 0 Å². The first-order valence-corrected chi connectivity index (χ1v) is 25.7. The smallest absolute Gasteiger partial charge is 0.0894 e. The molecule has 13 fully saturated rings. The first kappa shape index (κ1) is 62.2. The van der Waals surface area contributed by atoms with E-state index in [9.17, 15) is 0 Å². The van der Waals surface area contributed by atoms with Gasteiger partial charge in [-0.2, -0.15) is 26.3 Å². The van der Waals surface area contributed by atoms with Crippen molar-refractivity contribution in [1.82, 2.24) is 0 Å². The summed E-state index contributed by atoms with van der Waals surface area (Å²) in [6, 6.07) is 0. The fraction of sp³-hybridized carbons (Fsp3) is 0.733. The molecule has 0 heterocycles. The molecule has 3 unspecified atom stereocenters. The molecule has 13 saturated carbocycles. The summed E-state index contributed by atoms with van der Waals surface area (Å²) in [7, 11) is 0. The van der Waals surface area contributed by atoms with Crippen molar-refractivity contribution in [1.29, 1.82) is 0 Å². The van der Waals surface area contributed by atoms with Crippen molar-refractivity contribution in [3.8, 4) is 0 Å². The molecule has 4 nitrogen and oxygen atoms in total. The molecule has 0 aliphatic heterocycles. The Balaban J connectivity index is 0.000000236. The number of hydrogen-bond acceptors (Lipinski definition) is 4. The topological polar surface area (TPSA) is 36.9 Å². The third-order valence-corrected chi connectivity index (χ3v) is 20.8. The monoisotopic (exact) mass is 1610 g/mol. The van der Waals surface area contributed by atoms with Crippen LogP contribution in [0, 0.1) is 110 Å². The summed E-state index contributed by atoms with van der Waals surface area (Å²) in [5.41, 5.74) is 2.86. The zero-order valence-corrected chi connectivity index (χ0v) is 54.8. The molecule has 8 heteroatoms. The molecule has 0 aromatic rings. The van der Waals surface area contributed by atoms with Crippen LogP contribution >= 0.6 is 0 Å². The molecule has 68 heavy (non-hydrogen) atoms. The predicted octanol–water partition coefficient (Wildman–Crippen LogP) is 15.5. The molecule has 12 bridgehead atoms. The SMILES string of the molecule is C=[C-]C(=C)OCC1(C)C2CC3CC(C2)CC1C3.C=[C-]C(=C)OCC12CC3CC(CC(C3)C1)C2.C=[C-]C(=C)OCC12CCC(C)(CC1)CC2.C=[C-]C(=C)OCC1CC2CCC1(C)C2(C)C.[W].[W].[W].[W]. The normalized spacial score (nSPS) is 40.0. The van der Waals surface area contributed by atoms with Gasteiger partial charge in [0.1, 0.15) is 0 Å². The largest absolute Gasteiger partial charge is 0.532 e. The number of rotatable bonds is 16. The van der Waals surface area contributed by atoms with Crippen LogP contribution in [0.2, 0.25) is 0 Å². The second kappa shape index (κ2) is 25.4. The Morgan fingerprint density at radius 2 is 0.824 bits per heavy atom. The molecular weight excluding hydrogens is 1520 g/mol. The molecule has 0 aromatic heterocycles. The molecular formula is C60H88O4W4-4. The van der Waals surface area contributed by atoms with Gasteiger partial charge in [-0.3, -0.25) is 0 Å². The summed E-state index contributed by atoms with van der Waals surface area (Å²) in [6.07, 6.45) is 39.0. The van der Waals surface area contributed by atoms with Crippen LogP contribution in [-0.4, -0.2) is 26.4 Å². The Bertz CT molecular complexity index is 1690. The van der Waals surface area contributed by atoms with Gasteiger partial charge in [-0.05, 0) is 198 Å². The molecule has 0 saturated heterocycles. The van der Waals surface area contributed by atoms with Crippen molar-refractivity contribution in [3.63, 3.8) is 0 Å². The van der Waals surface area contributed by atoms with E-state index in [-0.39, 0.29) is 84.3 Å². The van der Waals surface area contributed by atoms with Gasteiger partial charge in [0.15, 0.2) is 0 Å². The van der Waals surface area contributed by atoms with Crippen LogP contribution in [0.4, 0.5) is 0 Å². The minimum absolute atomic E-state index is 0. The Morgan fingerprint density at radius 1 is 0.441 bits per heavy atom. The second-order valence-electron chi connectivity index (χ2n) is 24.9. The summed E-state index contributed by atoms with van der Waals surface area (Å²) in [5.74, 6) is 10.8. The van der Waals surface area contributed by atoms with E-state index in [0.29, 0.717) is 61.4 Å². The Morgan fingerprint density at radius 3 is 1.21 bits per heavy atom. The van der Waals surface area contributed by atoms with Gasteiger partial charge in [0.2, 0.25) is 0 Å². The van der Waals surface area contributed by atoms with Crippen LogP contribution in [0.15, 0.2) is 75.7 Å². The standard InChI is InChI=1S/C16H23O.C15H21O.C15H23O.C14H21O.4W/c1-4-11(2)17-10-16(3)14-6-12-5-13(8-14)9-15(16)7-12;1-3-11(2)16-10-15-7-12-4-13(8-15)6-14(5-12)9-15;1-6-11(2)16-10-13-9-12-7-8-15(13,5)14(12,3)4;1-4-12(2)15-11-14-8-5-13(3,6-9-14)7-10-14;;;;/h12-15H,1-2,5-10H2,3H3;12-14H,1-2,4-10H2;12-13H,1-2,7-10H2,3-5H3;1-2,5-11H2,3H3;;;;/q4*-1;;;;. The van der Waals surface area contributed by atoms with Gasteiger partial charge in [-0.25, -0.2) is 50.6 Å². The number of hydrogen-bond donors (Lipinski definition) is 0. The minimum atomic E-state index is 0. The van der Waals surface area contributed by atoms with Gasteiger partial charge in [-0.15, -0.1) is 0 Å². The van der Waals surface area contributed by atoms with Gasteiger partial charge >= 0.3 is 0 Å². The summed E-state index contributed by atoms with van der Waals surface area (Å²) in [5, 5.41) is 0. The van der Waals surface area contributed by atoms with E-state index in [1.807, 2.05) is 0 Å². The maximum absolute atomic E-state index is 5.75. The molecule has 0 aromatic carbocycles. The first-order valence-electron chi connectivity index (χ1n) is 25.7. The van der Waals surface area contributed by atoms with Crippen LogP contribution < -0.4 is 0 Å². The summed E-state index contributed by atoms with van der Waals surface area (Å²) in [6.45, 7) is 44.8. The molecule has 13 aliphatic rings. The summed E-state index contributed by atoms with van der Waals surface area (Å²) >= 11 is 0. The van der Waals surface area contributed by atoms with Crippen molar-refractivity contribution in [2.45, 2.75) is 163 Å². The maximum Gasteiger partial charge on any atom is 0.0894 e. The van der Waals surface area contributed by atoms with E-state index in [1.54, 1.807) is 0 Å². The Hall–Kier alpha value is -0.127. The Kier molecular flexibility index (Phi) is 23.2. The van der Waals surface area contributed by atoms with E-state index in [1.165, 1.54) is 128 Å². The van der Waals surface area contributed by atoms with Crippen LogP contribution in [0.5, 0.6) is 0 Å². The summed E-state index contributed by atoms with van der Waals surface area (Å²) < 4.78 is 22.7. The third-order valence-electron chi connectivity index (χ3n) is 20.8. The van der Waals surface area contributed by atoms with Crippen LogP contribution in [0.25, 0.3) is 0 Å². The van der Waals surface area contributed by atoms with Crippen molar-refractivity contribution in [3.05, 3.63) is 100.0 Å². The quantitative estimate of drug-likeness (QED) is 0.0877. The van der Waals surface area contributed by atoms with E-state index < -0.39 is 0 Å². The van der Waals surface area contributed by atoms with Gasteiger partial charge < -0.3 is 18.9 Å². The third kappa shape index (κ3) is 13.8. The van der Waals surface area contributed by atoms with Crippen LogP contribution in [0.1, 0.15) is 163 Å². The minimum Gasteiger partial charge on any atom is -0.532 e. The number of ether oxygens (including phenoxy) is 4. The average Bonchev–Trinajstić information content (AvgIpc) is 3.62. The molecule has 0 amide bonds. The molecule has 13 aliphatic carbocycles. The van der Waals surface area contributed by atoms with E-state index in [4.69, 9.17) is 18.9 Å². The van der Waals surface area contributed by atoms with Crippen molar-refractivity contribution < 1.29 is 103 Å². The zero-order chi connectivity index (χ0) is 46.1. The van der Waals surface area contributed by atoms with E-state index in [0.717, 1.165) is 73.8 Å². The molecule has 380 valence electrons. The predicted molar refractivity (Wildman–Crippen MR) is 263 cm³/mol. The fourth-order valence-electron chi connectivity index (χ4n) is 16.4. The van der Waals surface area contributed by atoms with E-state index >= 15 is 0 Å². The van der Waals surface area contributed by atoms with E-state index in [2.05, 4.69) is 112 Å². The van der Waals surface area contributed by atoms with Crippen LogP contribution in [-0.2, 0) is 103 Å². The number of allylic oxidation sites excluding steroid dienone is 4. The van der Waals surface area contributed by atoms with Gasteiger partial charge in [-0.1, -0.05) is 57.7 Å². The molecule has 3 atom stereocenters. The first-order chi connectivity index (χ1) is 30.3. The van der Waals surface area contributed by atoms with Crippen molar-refractivity contribution in [2.24, 2.45) is 85.8 Å². The Labute approximate surface area is 474 Å². The summed E-state index contributed by atoms with van der Waals surface area (Å²) in [4.78, 5) is 0. The van der Waals surface area contributed by atoms with Crippen LogP contribution in [0.3, 0.4) is 0 Å². The second-order valence-corrected chi connectivity index (χ2v) is 24.9. The molecule has 0 radical (unpaired) electrons. The average molecular weight is 1610 g/mol. The zero-order valence-electron chi connectivity index (χ0n) is 43.1. The molecule has 0 spiro atoms. The van der Waals surface area contributed by atoms with Gasteiger partial charge in [0.05, 0.1) is 26.4 Å². The van der Waals surface area contributed by atoms with Crippen molar-refractivity contribution in [2.75, 3.05) is 26.4 Å². The maximum atomic E-state index is 5.75. The molecule has 13 rings (SSSR count). The fourth-order valence-corrected chi connectivity index (χ4v) is 16.4. The molecule has 0 N–H and O–H groups in total. The van der Waals surface area contributed by atoms with Gasteiger partial charge in [0, 0.05) is 101 Å².